The summed E-state index contributed by atoms with van der Waals surface area (Å²) in [5.74, 6) is 3.08. The minimum absolute atomic E-state index is 0.0113. The molecule has 0 fully saturated rings. The average molecular weight is 1010 g/mol. The van der Waals surface area contributed by atoms with Gasteiger partial charge in [0.1, 0.15) is 34.2 Å². The van der Waals surface area contributed by atoms with Crippen LogP contribution in [0.15, 0.2) is 186 Å². The monoisotopic (exact) mass is 1010 g/mol. The van der Waals surface area contributed by atoms with E-state index in [1.807, 2.05) is 23.5 Å². The molecule has 0 bridgehead atoms. The number of ether oxygens (including phenoxy) is 2. The first-order valence-electron chi connectivity index (χ1n) is 26.5. The van der Waals surface area contributed by atoms with Gasteiger partial charge in [0.25, 0.3) is 6.71 Å². The van der Waals surface area contributed by atoms with Crippen LogP contribution < -0.4 is 25.9 Å². The highest BCUT2D eigenvalue weighted by Crippen LogP contribution is 2.47. The fraction of sp³-hybridized carbons (Fsp3) is 0.116. The maximum Gasteiger partial charge on any atom is 0.260 e. The number of fused-ring (bicyclic) bond motifs is 17. The number of nitriles is 1. The molecule has 77 heavy (non-hydrogen) atoms. The van der Waals surface area contributed by atoms with Gasteiger partial charge in [0.05, 0.1) is 33.7 Å². The second-order valence-corrected chi connectivity index (χ2v) is 24.2. The summed E-state index contributed by atoms with van der Waals surface area (Å²) in [6.07, 6.45) is 0. The molecule has 4 aromatic heterocycles. The Morgan fingerprint density at radius 2 is 1.04 bits per heavy atom. The van der Waals surface area contributed by atoms with Gasteiger partial charge < -0.3 is 23.0 Å². The molecule has 6 heterocycles. The largest absolute Gasteiger partial charge is 0.458 e. The van der Waals surface area contributed by atoms with Gasteiger partial charge in [0.15, 0.2) is 0 Å². The molecule has 0 spiro atoms. The van der Waals surface area contributed by atoms with Crippen molar-refractivity contribution in [2.45, 2.75) is 52.4 Å². The molecule has 0 aliphatic carbocycles. The van der Waals surface area contributed by atoms with Crippen LogP contribution in [0.5, 0.6) is 23.0 Å². The minimum Gasteiger partial charge on any atom is -0.458 e. The van der Waals surface area contributed by atoms with Crippen LogP contribution in [0.3, 0.4) is 0 Å². The van der Waals surface area contributed by atoms with E-state index in [-0.39, 0.29) is 17.5 Å². The maximum absolute atomic E-state index is 9.92. The van der Waals surface area contributed by atoms with E-state index in [2.05, 4.69) is 227 Å². The number of rotatable bonds is 3. The van der Waals surface area contributed by atoms with Crippen LogP contribution in [0, 0.1) is 11.3 Å². The van der Waals surface area contributed by atoms with Crippen molar-refractivity contribution in [3.05, 3.63) is 199 Å². The normalized spacial score (nSPS) is 13.2. The first-order chi connectivity index (χ1) is 37.4. The predicted molar refractivity (Wildman–Crippen MR) is 321 cm³/mol. The highest BCUT2D eigenvalue weighted by Gasteiger charge is 2.41. The lowest BCUT2D eigenvalue weighted by Crippen LogP contribution is -2.57. The summed E-state index contributed by atoms with van der Waals surface area (Å²) < 4.78 is 28.7. The second-order valence-electron chi connectivity index (χ2n) is 23.2. The molecule has 0 unspecified atom stereocenters. The van der Waals surface area contributed by atoms with E-state index in [1.165, 1.54) is 42.1 Å². The molecule has 0 atom stereocenters. The molecule has 6 nitrogen and oxygen atoms in total. The number of aromatic nitrogens is 2. The minimum atomic E-state index is -0.190. The number of hydrogen-bond donors (Lipinski definition) is 0. The van der Waals surface area contributed by atoms with Crippen molar-refractivity contribution >= 4 is 120 Å². The Bertz CT molecular complexity index is 4920. The van der Waals surface area contributed by atoms with E-state index in [1.54, 1.807) is 0 Å². The zero-order valence-electron chi connectivity index (χ0n) is 43.4. The topological polar surface area (TPSA) is 65.2 Å². The quantitative estimate of drug-likeness (QED) is 0.165. The number of para-hydroxylation sites is 2. The predicted octanol–water partition coefficient (Wildman–Crippen LogP) is 17.0. The van der Waals surface area contributed by atoms with Gasteiger partial charge in [-0.2, -0.15) is 5.26 Å². The van der Waals surface area contributed by atoms with E-state index < -0.39 is 0 Å². The Hall–Kier alpha value is -9.03. The highest BCUT2D eigenvalue weighted by molar-refractivity contribution is 7.26. The first kappa shape index (κ1) is 44.3. The fourth-order valence-corrected chi connectivity index (χ4v) is 13.9. The summed E-state index contributed by atoms with van der Waals surface area (Å²) in [5.41, 5.74) is 16.3. The number of hydrogen-bond acceptors (Lipinski definition) is 5. The summed E-state index contributed by atoms with van der Waals surface area (Å²) >= 11 is 1.82. The van der Waals surface area contributed by atoms with E-state index in [0.717, 1.165) is 117 Å². The number of nitrogens with zero attached hydrogens (tertiary/aromatic N) is 3. The number of benzene rings is 10. The fourth-order valence-electron chi connectivity index (χ4n) is 12.8. The summed E-state index contributed by atoms with van der Waals surface area (Å²) in [4.78, 5) is 0. The molecular weight excluding hydrogens is 962 g/mol. The summed E-state index contributed by atoms with van der Waals surface area (Å²) in [6.45, 7) is 13.5. The molecular formula is C69H48BN3O3S. The Morgan fingerprint density at radius 1 is 0.468 bits per heavy atom. The van der Waals surface area contributed by atoms with Gasteiger partial charge in [-0.15, -0.1) is 11.3 Å². The average Bonchev–Trinajstić information content (AvgIpc) is 4.28. The van der Waals surface area contributed by atoms with Crippen molar-refractivity contribution in [3.8, 4) is 51.6 Å². The summed E-state index contributed by atoms with van der Waals surface area (Å²) in [5, 5.41) is 19.2. The Labute approximate surface area is 448 Å². The molecule has 366 valence electrons. The summed E-state index contributed by atoms with van der Waals surface area (Å²) in [6, 6.07) is 68.0. The highest BCUT2D eigenvalue weighted by atomic mass is 32.1. The van der Waals surface area contributed by atoms with Gasteiger partial charge in [-0.1, -0.05) is 120 Å². The molecule has 0 radical (unpaired) electrons. The molecule has 0 saturated carbocycles. The first-order valence-corrected chi connectivity index (χ1v) is 27.3. The van der Waals surface area contributed by atoms with E-state index in [4.69, 9.17) is 13.9 Å². The van der Waals surface area contributed by atoms with Gasteiger partial charge >= 0.3 is 0 Å². The zero-order chi connectivity index (χ0) is 51.8. The summed E-state index contributed by atoms with van der Waals surface area (Å²) in [7, 11) is 0. The standard InChI is InChI=1S/C69H48BN3O3S/c1-68(2,3)40-19-26-55-49(33-40)50-34-41(69(4,5)6)20-27-56(50)73(55)43-22-24-52-59(36-43)75-61-32-39(44-14-11-15-47-64-57(76-67(44)47)28-29-63-65(64)46-13-8-10-17-62(46)77-63)31-60-66(61)70(52)51-23-21-42(35-58(51)74-60)72-53-16-9-7-12-45(53)48-30-38(37-71)18-25-54(48)72/h7-36H,1-6H3. The van der Waals surface area contributed by atoms with Crippen LogP contribution in [-0.4, -0.2) is 15.8 Å². The SMILES string of the molecule is CC(C)(C)c1ccc2c(c1)c1cc(C(C)(C)C)ccc1n2-c1ccc2c(c1)Oc1cc(-c3cccc4c3oc3ccc5sc6ccccc6c5c34)cc3c1B2c1ccc(-n2c4ccccc4c4cc(C#N)ccc42)cc1O3. The molecule has 2 aliphatic rings. The number of thiophene rings is 1. The van der Waals surface area contributed by atoms with Crippen molar-refractivity contribution < 1.29 is 13.9 Å². The van der Waals surface area contributed by atoms with Gasteiger partial charge in [-0.05, 0) is 129 Å². The molecule has 2 aliphatic heterocycles. The van der Waals surface area contributed by atoms with E-state index in [0.29, 0.717) is 5.56 Å². The lowest BCUT2D eigenvalue weighted by molar-refractivity contribution is 0.464. The second kappa shape index (κ2) is 15.5. The van der Waals surface area contributed by atoms with Gasteiger partial charge in [0, 0.05) is 87.0 Å². The Morgan fingerprint density at radius 3 is 1.68 bits per heavy atom. The zero-order valence-corrected chi connectivity index (χ0v) is 44.2. The van der Waals surface area contributed by atoms with E-state index in [9.17, 15) is 5.26 Å². The molecule has 8 heteroatoms. The van der Waals surface area contributed by atoms with Crippen LogP contribution in [0.25, 0.3) is 108 Å². The molecule has 0 N–H and O–H groups in total. The molecule has 10 aromatic carbocycles. The van der Waals surface area contributed by atoms with Crippen LogP contribution in [0.2, 0.25) is 0 Å². The third-order valence-electron chi connectivity index (χ3n) is 16.6. The van der Waals surface area contributed by atoms with E-state index >= 15 is 0 Å². The smallest absolute Gasteiger partial charge is 0.260 e. The lowest BCUT2D eigenvalue weighted by atomic mass is 9.35. The van der Waals surface area contributed by atoms with Crippen LogP contribution in [0.1, 0.15) is 58.2 Å². The lowest BCUT2D eigenvalue weighted by Gasteiger charge is -2.34. The third-order valence-corrected chi connectivity index (χ3v) is 17.7. The molecule has 0 amide bonds. The number of furan rings is 1. The Balaban J connectivity index is 0.915. The van der Waals surface area contributed by atoms with Crippen LogP contribution in [0.4, 0.5) is 0 Å². The van der Waals surface area contributed by atoms with Gasteiger partial charge in [0.2, 0.25) is 0 Å². The van der Waals surface area contributed by atoms with Crippen molar-refractivity contribution in [2.75, 3.05) is 0 Å². The van der Waals surface area contributed by atoms with Crippen molar-refractivity contribution in [1.29, 1.82) is 5.26 Å². The molecule has 14 aromatic rings. The van der Waals surface area contributed by atoms with Crippen LogP contribution >= 0.6 is 11.3 Å². The van der Waals surface area contributed by atoms with Crippen molar-refractivity contribution in [2.24, 2.45) is 0 Å². The molecule has 16 rings (SSSR count). The van der Waals surface area contributed by atoms with Crippen LogP contribution in [-0.2, 0) is 10.8 Å². The Kier molecular flexibility index (Phi) is 8.94. The van der Waals surface area contributed by atoms with Crippen molar-refractivity contribution in [3.63, 3.8) is 0 Å². The third kappa shape index (κ3) is 6.35. The maximum atomic E-state index is 9.92. The van der Waals surface area contributed by atoms with Gasteiger partial charge in [-0.3, -0.25) is 0 Å². The van der Waals surface area contributed by atoms with Gasteiger partial charge in [-0.25, -0.2) is 0 Å². The van der Waals surface area contributed by atoms with Crippen molar-refractivity contribution in [1.82, 2.24) is 9.13 Å². The molecule has 0 saturated heterocycles.